The lowest BCUT2D eigenvalue weighted by Gasteiger charge is -2.08. The molecule has 7 nitrogen and oxygen atoms in total. The number of nitrogens with one attached hydrogen (secondary N) is 2. The lowest BCUT2D eigenvalue weighted by atomic mass is 10.1. The summed E-state index contributed by atoms with van der Waals surface area (Å²) in [6, 6.07) is 7.19. The van der Waals surface area contributed by atoms with Crippen LogP contribution in [-0.4, -0.2) is 48.7 Å². The van der Waals surface area contributed by atoms with Crippen molar-refractivity contribution in [3.05, 3.63) is 35.5 Å². The number of ether oxygens (including phenoxy) is 1. The van der Waals surface area contributed by atoms with E-state index in [0.29, 0.717) is 24.4 Å². The topological polar surface area (TPSA) is 101 Å². The number of amides is 1. The van der Waals surface area contributed by atoms with E-state index in [2.05, 4.69) is 15.5 Å². The van der Waals surface area contributed by atoms with Crippen LogP contribution in [-0.2, 0) is 16.3 Å². The summed E-state index contributed by atoms with van der Waals surface area (Å²) >= 11 is 0. The van der Waals surface area contributed by atoms with E-state index in [1.165, 1.54) is 0 Å². The standard InChI is InChI=1S/C16H17N3O4S/c20-16(17-12-4-6-24(21,22)9-12)14-8-13(18-19-14)10-1-2-15-11(7-10)3-5-23-15/h1-2,7-8,12H,3-6,9H2,(H,17,20)(H,18,19)/t12-/m0/s1. The van der Waals surface area contributed by atoms with Crippen molar-refractivity contribution in [1.82, 2.24) is 15.5 Å². The van der Waals surface area contributed by atoms with Crippen molar-refractivity contribution in [1.29, 1.82) is 0 Å². The molecule has 0 aliphatic carbocycles. The second-order valence-corrected chi connectivity index (χ2v) is 8.39. The molecule has 3 heterocycles. The molecule has 2 aliphatic rings. The van der Waals surface area contributed by atoms with E-state index in [4.69, 9.17) is 4.74 Å². The minimum atomic E-state index is -3.02. The second kappa shape index (κ2) is 5.62. The second-order valence-electron chi connectivity index (χ2n) is 6.16. The number of aromatic amines is 1. The fraction of sp³-hybridized carbons (Fsp3) is 0.375. The number of carbonyl (C=O) groups excluding carboxylic acids is 1. The van der Waals surface area contributed by atoms with Gasteiger partial charge in [-0.1, -0.05) is 0 Å². The Bertz CT molecular complexity index is 904. The number of carbonyl (C=O) groups is 1. The van der Waals surface area contributed by atoms with Gasteiger partial charge in [-0.3, -0.25) is 9.89 Å². The van der Waals surface area contributed by atoms with Crippen LogP contribution in [0.3, 0.4) is 0 Å². The average Bonchev–Trinajstić information content (AvgIpc) is 3.25. The highest BCUT2D eigenvalue weighted by Crippen LogP contribution is 2.29. The first-order chi connectivity index (χ1) is 11.5. The third kappa shape index (κ3) is 2.89. The zero-order valence-corrected chi connectivity index (χ0v) is 13.7. The number of nitrogens with zero attached hydrogens (tertiary/aromatic N) is 1. The Labute approximate surface area is 139 Å². The zero-order chi connectivity index (χ0) is 16.7. The van der Waals surface area contributed by atoms with Crippen molar-refractivity contribution >= 4 is 15.7 Å². The summed E-state index contributed by atoms with van der Waals surface area (Å²) in [5, 5.41) is 9.66. The van der Waals surface area contributed by atoms with Crippen molar-refractivity contribution in [2.75, 3.05) is 18.1 Å². The van der Waals surface area contributed by atoms with Gasteiger partial charge in [-0.05, 0) is 36.2 Å². The number of sulfone groups is 1. The number of H-pyrrole nitrogens is 1. The highest BCUT2D eigenvalue weighted by Gasteiger charge is 2.29. The SMILES string of the molecule is O=C(N[C@H]1CCS(=O)(=O)C1)c1cc(-c2ccc3c(c2)CCO3)n[nH]1. The highest BCUT2D eigenvalue weighted by molar-refractivity contribution is 7.91. The van der Waals surface area contributed by atoms with E-state index in [-0.39, 0.29) is 23.5 Å². The molecule has 1 aromatic heterocycles. The molecule has 1 fully saturated rings. The Morgan fingerprint density at radius 1 is 1.33 bits per heavy atom. The summed E-state index contributed by atoms with van der Waals surface area (Å²) in [5.74, 6) is 0.698. The van der Waals surface area contributed by atoms with Gasteiger partial charge in [0.1, 0.15) is 11.4 Å². The summed E-state index contributed by atoms with van der Waals surface area (Å²) in [4.78, 5) is 12.2. The molecule has 0 spiro atoms. The Hall–Kier alpha value is -2.35. The third-order valence-corrected chi connectivity index (χ3v) is 6.14. The van der Waals surface area contributed by atoms with Gasteiger partial charge in [-0.25, -0.2) is 8.42 Å². The molecule has 2 N–H and O–H groups in total. The maximum atomic E-state index is 12.2. The molecular weight excluding hydrogens is 330 g/mol. The fourth-order valence-electron chi connectivity index (χ4n) is 3.10. The predicted octanol–water partition coefficient (Wildman–Crippen LogP) is 0.928. The van der Waals surface area contributed by atoms with Crippen LogP contribution >= 0.6 is 0 Å². The first-order valence-electron chi connectivity index (χ1n) is 7.83. The molecule has 8 heteroatoms. The maximum absolute atomic E-state index is 12.2. The highest BCUT2D eigenvalue weighted by atomic mass is 32.2. The van der Waals surface area contributed by atoms with Gasteiger partial charge in [0.25, 0.3) is 5.91 Å². The van der Waals surface area contributed by atoms with Gasteiger partial charge in [0.05, 0.1) is 23.8 Å². The molecule has 2 aromatic rings. The van der Waals surface area contributed by atoms with Gasteiger partial charge in [-0.2, -0.15) is 5.10 Å². The minimum Gasteiger partial charge on any atom is -0.493 e. The molecule has 126 valence electrons. The first-order valence-corrected chi connectivity index (χ1v) is 9.65. The number of rotatable bonds is 3. The van der Waals surface area contributed by atoms with Crippen LogP contribution < -0.4 is 10.1 Å². The molecule has 4 rings (SSSR count). The summed E-state index contributed by atoms with van der Waals surface area (Å²) in [5.41, 5.74) is 3.05. The van der Waals surface area contributed by atoms with Crippen molar-refractivity contribution in [3.8, 4) is 17.0 Å². The summed E-state index contributed by atoms with van der Waals surface area (Å²) in [7, 11) is -3.02. The van der Waals surface area contributed by atoms with E-state index in [9.17, 15) is 13.2 Å². The Morgan fingerprint density at radius 3 is 3.00 bits per heavy atom. The minimum absolute atomic E-state index is 0.00452. The van der Waals surface area contributed by atoms with Gasteiger partial charge in [0, 0.05) is 18.0 Å². The lowest BCUT2D eigenvalue weighted by molar-refractivity contribution is 0.0936. The van der Waals surface area contributed by atoms with Crippen molar-refractivity contribution in [2.24, 2.45) is 0 Å². The van der Waals surface area contributed by atoms with Gasteiger partial charge in [0.15, 0.2) is 9.84 Å². The van der Waals surface area contributed by atoms with Crippen LogP contribution in [0.25, 0.3) is 11.3 Å². The summed E-state index contributed by atoms with van der Waals surface area (Å²) < 4.78 is 28.4. The van der Waals surface area contributed by atoms with E-state index in [1.54, 1.807) is 6.07 Å². The van der Waals surface area contributed by atoms with Crippen LogP contribution in [0.2, 0.25) is 0 Å². The number of benzene rings is 1. The van der Waals surface area contributed by atoms with Gasteiger partial charge < -0.3 is 10.1 Å². The predicted molar refractivity (Wildman–Crippen MR) is 87.7 cm³/mol. The van der Waals surface area contributed by atoms with Crippen LogP contribution in [0.1, 0.15) is 22.5 Å². The van der Waals surface area contributed by atoms with Crippen LogP contribution in [0, 0.1) is 0 Å². The Kier molecular flexibility index (Phi) is 3.56. The molecule has 1 amide bonds. The van der Waals surface area contributed by atoms with Crippen molar-refractivity contribution < 1.29 is 17.9 Å². The Balaban J connectivity index is 1.49. The monoisotopic (exact) mass is 347 g/mol. The van der Waals surface area contributed by atoms with E-state index in [1.807, 2.05) is 18.2 Å². The molecule has 1 aromatic carbocycles. The van der Waals surface area contributed by atoms with Crippen LogP contribution in [0.15, 0.2) is 24.3 Å². The molecular formula is C16H17N3O4S. The van der Waals surface area contributed by atoms with E-state index in [0.717, 1.165) is 23.3 Å². The smallest absolute Gasteiger partial charge is 0.269 e. The third-order valence-electron chi connectivity index (χ3n) is 4.38. The fourth-order valence-corrected chi connectivity index (χ4v) is 4.78. The first kappa shape index (κ1) is 15.2. The average molecular weight is 347 g/mol. The maximum Gasteiger partial charge on any atom is 0.269 e. The normalized spacial score (nSPS) is 21.2. The molecule has 1 atom stereocenters. The zero-order valence-electron chi connectivity index (χ0n) is 12.9. The van der Waals surface area contributed by atoms with Gasteiger partial charge in [0.2, 0.25) is 0 Å². The van der Waals surface area contributed by atoms with E-state index < -0.39 is 9.84 Å². The lowest BCUT2D eigenvalue weighted by Crippen LogP contribution is -2.35. The number of aromatic nitrogens is 2. The van der Waals surface area contributed by atoms with Crippen LogP contribution in [0.5, 0.6) is 5.75 Å². The number of hydrogen-bond acceptors (Lipinski definition) is 5. The van der Waals surface area contributed by atoms with E-state index >= 15 is 0 Å². The number of hydrogen-bond donors (Lipinski definition) is 2. The molecule has 2 aliphatic heterocycles. The van der Waals surface area contributed by atoms with Crippen molar-refractivity contribution in [3.63, 3.8) is 0 Å². The molecule has 0 bridgehead atoms. The summed E-state index contributed by atoms with van der Waals surface area (Å²) in [6.45, 7) is 0.692. The van der Waals surface area contributed by atoms with Crippen LogP contribution in [0.4, 0.5) is 0 Å². The van der Waals surface area contributed by atoms with Gasteiger partial charge in [-0.15, -0.1) is 0 Å². The molecule has 1 saturated heterocycles. The molecule has 0 saturated carbocycles. The molecule has 0 radical (unpaired) electrons. The Morgan fingerprint density at radius 2 is 2.21 bits per heavy atom. The number of fused-ring (bicyclic) bond motifs is 1. The largest absolute Gasteiger partial charge is 0.493 e. The van der Waals surface area contributed by atoms with Crippen molar-refractivity contribution in [2.45, 2.75) is 18.9 Å². The van der Waals surface area contributed by atoms with Gasteiger partial charge >= 0.3 is 0 Å². The molecule has 24 heavy (non-hydrogen) atoms. The quantitative estimate of drug-likeness (QED) is 0.860. The molecule has 0 unspecified atom stereocenters. The summed E-state index contributed by atoms with van der Waals surface area (Å²) in [6.07, 6.45) is 1.33.